The van der Waals surface area contributed by atoms with Crippen molar-refractivity contribution in [2.75, 3.05) is 12.8 Å². The predicted molar refractivity (Wildman–Crippen MR) is 74.5 cm³/mol. The molecule has 0 aliphatic rings. The van der Waals surface area contributed by atoms with Crippen molar-refractivity contribution in [3.63, 3.8) is 0 Å². The van der Waals surface area contributed by atoms with E-state index in [1.165, 1.54) is 0 Å². The molecule has 1 aromatic heterocycles. The maximum absolute atomic E-state index is 12.4. The Bertz CT molecular complexity index is 414. The standard InChI is InChI=1S/C14H23N3O/c1-5-11-8-10(9-13(15)16-11)14(18)17(4)12(6-2)7-3/h8-9,12H,5-7H2,1-4H3,(H2,15,16). The van der Waals surface area contributed by atoms with Crippen LogP contribution in [-0.4, -0.2) is 28.9 Å². The van der Waals surface area contributed by atoms with E-state index in [9.17, 15) is 4.79 Å². The summed E-state index contributed by atoms with van der Waals surface area (Å²) in [7, 11) is 1.85. The fourth-order valence-corrected chi connectivity index (χ4v) is 2.12. The summed E-state index contributed by atoms with van der Waals surface area (Å²) in [5.41, 5.74) is 7.22. The zero-order chi connectivity index (χ0) is 13.7. The summed E-state index contributed by atoms with van der Waals surface area (Å²) in [6.45, 7) is 6.19. The number of nitrogen functional groups attached to an aromatic ring is 1. The van der Waals surface area contributed by atoms with Crippen LogP contribution < -0.4 is 5.73 Å². The first-order valence-electron chi connectivity index (χ1n) is 6.57. The molecule has 0 fully saturated rings. The Morgan fingerprint density at radius 1 is 1.33 bits per heavy atom. The van der Waals surface area contributed by atoms with E-state index in [0.29, 0.717) is 11.4 Å². The van der Waals surface area contributed by atoms with Crippen LogP contribution in [-0.2, 0) is 6.42 Å². The SMILES string of the molecule is CCc1cc(C(=O)N(C)C(CC)CC)cc(N)n1. The van der Waals surface area contributed by atoms with E-state index in [2.05, 4.69) is 18.8 Å². The van der Waals surface area contributed by atoms with Gasteiger partial charge in [0.1, 0.15) is 5.82 Å². The number of aromatic nitrogens is 1. The molecule has 0 saturated heterocycles. The molecule has 0 atom stereocenters. The van der Waals surface area contributed by atoms with E-state index in [1.807, 2.05) is 20.0 Å². The Morgan fingerprint density at radius 2 is 1.94 bits per heavy atom. The molecule has 2 N–H and O–H groups in total. The lowest BCUT2D eigenvalue weighted by Crippen LogP contribution is -2.36. The second-order valence-corrected chi connectivity index (χ2v) is 4.51. The van der Waals surface area contributed by atoms with Crippen molar-refractivity contribution >= 4 is 11.7 Å². The van der Waals surface area contributed by atoms with Crippen molar-refractivity contribution in [1.29, 1.82) is 0 Å². The Morgan fingerprint density at radius 3 is 2.44 bits per heavy atom. The van der Waals surface area contributed by atoms with Gasteiger partial charge in [0.25, 0.3) is 5.91 Å². The molecule has 0 radical (unpaired) electrons. The van der Waals surface area contributed by atoms with E-state index < -0.39 is 0 Å². The molecule has 0 aliphatic carbocycles. The van der Waals surface area contributed by atoms with E-state index >= 15 is 0 Å². The van der Waals surface area contributed by atoms with Crippen molar-refractivity contribution in [2.24, 2.45) is 0 Å². The smallest absolute Gasteiger partial charge is 0.254 e. The van der Waals surface area contributed by atoms with Crippen LogP contribution in [0.1, 0.15) is 49.7 Å². The van der Waals surface area contributed by atoms with E-state index in [0.717, 1.165) is 25.0 Å². The number of pyridine rings is 1. The van der Waals surface area contributed by atoms with Gasteiger partial charge in [0.05, 0.1) is 0 Å². The lowest BCUT2D eigenvalue weighted by atomic mass is 10.1. The number of carbonyl (C=O) groups excluding carboxylic acids is 1. The van der Waals surface area contributed by atoms with Crippen LogP contribution in [0.5, 0.6) is 0 Å². The minimum absolute atomic E-state index is 0.0208. The molecule has 0 unspecified atom stereocenters. The molecule has 1 amide bonds. The van der Waals surface area contributed by atoms with Crippen LogP contribution in [0.4, 0.5) is 5.82 Å². The normalized spacial score (nSPS) is 10.7. The Kier molecular flexibility index (Phi) is 5.13. The van der Waals surface area contributed by atoms with Crippen LogP contribution in [0.2, 0.25) is 0 Å². The second kappa shape index (κ2) is 6.38. The summed E-state index contributed by atoms with van der Waals surface area (Å²) in [5.74, 6) is 0.433. The molecule has 0 aromatic carbocycles. The first kappa shape index (κ1) is 14.5. The van der Waals surface area contributed by atoms with Gasteiger partial charge in [0, 0.05) is 24.3 Å². The minimum atomic E-state index is 0.0208. The van der Waals surface area contributed by atoms with Crippen LogP contribution in [0.15, 0.2) is 12.1 Å². The molecule has 1 rings (SSSR count). The zero-order valence-corrected chi connectivity index (χ0v) is 11.7. The van der Waals surface area contributed by atoms with Gasteiger partial charge in [-0.15, -0.1) is 0 Å². The fourth-order valence-electron chi connectivity index (χ4n) is 2.12. The maximum atomic E-state index is 12.4. The number of amides is 1. The average Bonchev–Trinajstić information content (AvgIpc) is 2.38. The summed E-state index contributed by atoms with van der Waals surface area (Å²) in [5, 5.41) is 0. The van der Waals surface area contributed by atoms with Crippen molar-refractivity contribution in [3.05, 3.63) is 23.4 Å². The minimum Gasteiger partial charge on any atom is -0.384 e. The van der Waals surface area contributed by atoms with Crippen molar-refractivity contribution in [1.82, 2.24) is 9.88 Å². The first-order chi connectivity index (χ1) is 8.53. The van der Waals surface area contributed by atoms with Gasteiger partial charge in [-0.05, 0) is 31.4 Å². The third kappa shape index (κ3) is 3.22. The molecular weight excluding hydrogens is 226 g/mol. The Balaban J connectivity index is 2.99. The fraction of sp³-hybridized carbons (Fsp3) is 0.571. The van der Waals surface area contributed by atoms with Crippen LogP contribution >= 0.6 is 0 Å². The van der Waals surface area contributed by atoms with Gasteiger partial charge in [-0.1, -0.05) is 20.8 Å². The second-order valence-electron chi connectivity index (χ2n) is 4.51. The Hall–Kier alpha value is -1.58. The summed E-state index contributed by atoms with van der Waals surface area (Å²) in [4.78, 5) is 18.4. The molecule has 1 heterocycles. The highest BCUT2D eigenvalue weighted by Crippen LogP contribution is 2.14. The predicted octanol–water partition coefficient (Wildman–Crippen LogP) is 2.49. The van der Waals surface area contributed by atoms with Gasteiger partial charge in [0.2, 0.25) is 0 Å². The van der Waals surface area contributed by atoms with Crippen molar-refractivity contribution in [2.45, 2.75) is 46.1 Å². The number of hydrogen-bond donors (Lipinski definition) is 1. The highest BCUT2D eigenvalue weighted by molar-refractivity contribution is 5.95. The molecule has 1 aromatic rings. The number of anilines is 1. The summed E-state index contributed by atoms with van der Waals surface area (Å²) in [6, 6.07) is 3.76. The number of nitrogens with zero attached hydrogens (tertiary/aromatic N) is 2. The number of rotatable bonds is 5. The van der Waals surface area contributed by atoms with Gasteiger partial charge < -0.3 is 10.6 Å². The lowest BCUT2D eigenvalue weighted by molar-refractivity contribution is 0.0723. The van der Waals surface area contributed by atoms with Crippen LogP contribution in [0, 0.1) is 0 Å². The average molecular weight is 249 g/mol. The lowest BCUT2D eigenvalue weighted by Gasteiger charge is -2.26. The zero-order valence-electron chi connectivity index (χ0n) is 11.7. The topological polar surface area (TPSA) is 59.2 Å². The van der Waals surface area contributed by atoms with Gasteiger partial charge in [-0.2, -0.15) is 0 Å². The largest absolute Gasteiger partial charge is 0.384 e. The monoisotopic (exact) mass is 249 g/mol. The van der Waals surface area contributed by atoms with Gasteiger partial charge >= 0.3 is 0 Å². The van der Waals surface area contributed by atoms with Crippen molar-refractivity contribution < 1.29 is 4.79 Å². The molecular formula is C14H23N3O. The molecule has 0 saturated carbocycles. The number of hydrogen-bond acceptors (Lipinski definition) is 3. The third-order valence-electron chi connectivity index (χ3n) is 3.32. The summed E-state index contributed by atoms with van der Waals surface area (Å²) < 4.78 is 0. The van der Waals surface area contributed by atoms with Gasteiger partial charge in [-0.25, -0.2) is 4.98 Å². The van der Waals surface area contributed by atoms with Crippen LogP contribution in [0.25, 0.3) is 0 Å². The summed E-state index contributed by atoms with van der Waals surface area (Å²) >= 11 is 0. The van der Waals surface area contributed by atoms with Gasteiger partial charge in [0.15, 0.2) is 0 Å². The summed E-state index contributed by atoms with van der Waals surface area (Å²) in [6.07, 6.45) is 2.69. The molecule has 18 heavy (non-hydrogen) atoms. The molecule has 100 valence electrons. The highest BCUT2D eigenvalue weighted by Gasteiger charge is 2.19. The number of nitrogens with two attached hydrogens (primary N) is 1. The molecule has 0 bridgehead atoms. The van der Waals surface area contributed by atoms with E-state index in [1.54, 1.807) is 11.0 Å². The molecule has 4 nitrogen and oxygen atoms in total. The van der Waals surface area contributed by atoms with E-state index in [4.69, 9.17) is 5.73 Å². The molecule has 4 heteroatoms. The number of carbonyl (C=O) groups is 1. The van der Waals surface area contributed by atoms with Gasteiger partial charge in [-0.3, -0.25) is 4.79 Å². The first-order valence-corrected chi connectivity index (χ1v) is 6.57. The Labute approximate surface area is 109 Å². The highest BCUT2D eigenvalue weighted by atomic mass is 16.2. The third-order valence-corrected chi connectivity index (χ3v) is 3.32. The van der Waals surface area contributed by atoms with Crippen LogP contribution in [0.3, 0.4) is 0 Å². The van der Waals surface area contributed by atoms with E-state index in [-0.39, 0.29) is 11.9 Å². The molecule has 0 aliphatic heterocycles. The quantitative estimate of drug-likeness (QED) is 0.872. The number of aryl methyl sites for hydroxylation is 1. The maximum Gasteiger partial charge on any atom is 0.254 e. The van der Waals surface area contributed by atoms with Crippen molar-refractivity contribution in [3.8, 4) is 0 Å². The molecule has 0 spiro atoms.